The third kappa shape index (κ3) is 5.09. The third-order valence-corrected chi connectivity index (χ3v) is 12.4. The highest BCUT2D eigenvalue weighted by molar-refractivity contribution is 7.26. The molecular weight excluding hydrogens is 727 g/mol. The normalized spacial score (nSPS) is 11.8. The van der Waals surface area contributed by atoms with Crippen molar-refractivity contribution in [1.82, 2.24) is 24.5 Å². The van der Waals surface area contributed by atoms with Crippen molar-refractivity contribution in [2.45, 2.75) is 0 Å². The fraction of sp³-hybridized carbons (Fsp3) is 0. The zero-order valence-electron chi connectivity index (χ0n) is 31.0. The standard InChI is InChI=1S/C52H31N5S/c1-2-15-32(16-3-1)50-54-51(33-17-14-18-34(31-33)57-44-26-11-7-21-37(44)38-22-8-12-27-45(38)57)56-52(55-50)40-30-29-39(35-19-4-5-20-36(35)40)48-49-47(41-23-6-10-25-43(41)53-48)42-24-9-13-28-46(42)58-49/h1-31H. The summed E-state index contributed by atoms with van der Waals surface area (Å²) in [5, 5.41) is 8.29. The molecule has 8 aromatic carbocycles. The van der Waals surface area contributed by atoms with Crippen LogP contribution in [0.3, 0.4) is 0 Å². The Labute approximate surface area is 337 Å². The maximum Gasteiger partial charge on any atom is 0.164 e. The first-order valence-electron chi connectivity index (χ1n) is 19.4. The van der Waals surface area contributed by atoms with Gasteiger partial charge in [0, 0.05) is 59.6 Å². The first kappa shape index (κ1) is 32.7. The molecule has 0 amide bonds. The van der Waals surface area contributed by atoms with E-state index in [1.165, 1.54) is 36.3 Å². The van der Waals surface area contributed by atoms with Gasteiger partial charge in [0.05, 0.1) is 26.9 Å². The van der Waals surface area contributed by atoms with E-state index in [-0.39, 0.29) is 0 Å². The molecule has 12 rings (SSSR count). The summed E-state index contributed by atoms with van der Waals surface area (Å²) >= 11 is 1.81. The summed E-state index contributed by atoms with van der Waals surface area (Å²) in [7, 11) is 0. The van der Waals surface area contributed by atoms with Crippen molar-refractivity contribution in [3.63, 3.8) is 0 Å². The summed E-state index contributed by atoms with van der Waals surface area (Å²) in [5.74, 6) is 1.86. The third-order valence-electron chi connectivity index (χ3n) is 11.2. The molecule has 12 aromatic rings. The summed E-state index contributed by atoms with van der Waals surface area (Å²) in [4.78, 5) is 21.0. The quantitative estimate of drug-likeness (QED) is 0.175. The van der Waals surface area contributed by atoms with E-state index in [4.69, 9.17) is 19.9 Å². The highest BCUT2D eigenvalue weighted by Crippen LogP contribution is 2.45. The molecule has 0 fully saturated rings. The molecule has 4 heterocycles. The van der Waals surface area contributed by atoms with Crippen LogP contribution in [0, 0.1) is 0 Å². The molecule has 0 aliphatic heterocycles. The Bertz CT molecular complexity index is 3530. The van der Waals surface area contributed by atoms with Gasteiger partial charge in [-0.05, 0) is 53.2 Å². The Morgan fingerprint density at radius 1 is 0.379 bits per heavy atom. The van der Waals surface area contributed by atoms with Gasteiger partial charge in [0.25, 0.3) is 0 Å². The Hall–Kier alpha value is -7.54. The lowest BCUT2D eigenvalue weighted by Crippen LogP contribution is -2.01. The largest absolute Gasteiger partial charge is 0.309 e. The second-order valence-electron chi connectivity index (χ2n) is 14.6. The summed E-state index contributed by atoms with van der Waals surface area (Å²) < 4.78 is 4.77. The van der Waals surface area contributed by atoms with Crippen molar-refractivity contribution in [2.24, 2.45) is 0 Å². The van der Waals surface area contributed by atoms with Gasteiger partial charge in [-0.25, -0.2) is 19.9 Å². The minimum Gasteiger partial charge on any atom is -0.309 e. The molecule has 58 heavy (non-hydrogen) atoms. The van der Waals surface area contributed by atoms with Gasteiger partial charge in [-0.3, -0.25) is 0 Å². The predicted molar refractivity (Wildman–Crippen MR) is 242 cm³/mol. The van der Waals surface area contributed by atoms with Gasteiger partial charge in [-0.2, -0.15) is 0 Å². The zero-order valence-corrected chi connectivity index (χ0v) is 31.9. The van der Waals surface area contributed by atoms with Crippen LogP contribution in [0.4, 0.5) is 0 Å². The molecule has 0 saturated carbocycles. The SMILES string of the molecule is c1ccc(-c2nc(-c3cccc(-n4c5ccccc5c5ccccc54)c3)nc(-c3ccc(-c4nc5ccccc5c5c4sc4ccccc45)c4ccccc34)n2)cc1. The van der Waals surface area contributed by atoms with Crippen LogP contribution < -0.4 is 0 Å². The molecule has 0 spiro atoms. The number of benzene rings is 8. The number of aromatic nitrogens is 5. The minimum atomic E-state index is 0.614. The highest BCUT2D eigenvalue weighted by Gasteiger charge is 2.21. The number of hydrogen-bond acceptors (Lipinski definition) is 5. The van der Waals surface area contributed by atoms with E-state index in [0.29, 0.717) is 17.5 Å². The van der Waals surface area contributed by atoms with Crippen LogP contribution in [-0.4, -0.2) is 24.5 Å². The van der Waals surface area contributed by atoms with E-state index in [9.17, 15) is 0 Å². The average Bonchev–Trinajstić information content (AvgIpc) is 3.86. The van der Waals surface area contributed by atoms with Gasteiger partial charge in [0.1, 0.15) is 0 Å². The molecule has 0 unspecified atom stereocenters. The van der Waals surface area contributed by atoms with Crippen molar-refractivity contribution >= 4 is 75.0 Å². The molecule has 0 aliphatic carbocycles. The van der Waals surface area contributed by atoms with E-state index < -0.39 is 0 Å². The number of thiophene rings is 1. The Morgan fingerprint density at radius 3 is 1.69 bits per heavy atom. The molecule has 0 atom stereocenters. The molecule has 4 aromatic heterocycles. The minimum absolute atomic E-state index is 0.614. The smallest absolute Gasteiger partial charge is 0.164 e. The van der Waals surface area contributed by atoms with Gasteiger partial charge in [0.15, 0.2) is 17.5 Å². The second-order valence-corrected chi connectivity index (χ2v) is 15.6. The second kappa shape index (κ2) is 13.0. The fourth-order valence-electron chi connectivity index (χ4n) is 8.64. The van der Waals surface area contributed by atoms with Crippen molar-refractivity contribution in [3.8, 4) is 51.1 Å². The van der Waals surface area contributed by atoms with Crippen LogP contribution in [0.2, 0.25) is 0 Å². The van der Waals surface area contributed by atoms with E-state index in [2.05, 4.69) is 174 Å². The first-order valence-corrected chi connectivity index (χ1v) is 20.2. The van der Waals surface area contributed by atoms with Crippen LogP contribution in [0.5, 0.6) is 0 Å². The molecule has 6 heteroatoms. The topological polar surface area (TPSA) is 56.5 Å². The van der Waals surface area contributed by atoms with Crippen LogP contribution in [0.15, 0.2) is 188 Å². The van der Waals surface area contributed by atoms with E-state index in [0.717, 1.165) is 61.0 Å². The molecule has 0 radical (unpaired) electrons. The fourth-order valence-corrected chi connectivity index (χ4v) is 9.86. The first-order chi connectivity index (χ1) is 28.8. The zero-order chi connectivity index (χ0) is 38.2. The number of hydrogen-bond donors (Lipinski definition) is 0. The van der Waals surface area contributed by atoms with E-state index >= 15 is 0 Å². The molecule has 0 saturated heterocycles. The molecule has 0 bridgehead atoms. The van der Waals surface area contributed by atoms with Gasteiger partial charge in [-0.1, -0.05) is 146 Å². The van der Waals surface area contributed by atoms with Crippen molar-refractivity contribution in [3.05, 3.63) is 188 Å². The van der Waals surface area contributed by atoms with Crippen molar-refractivity contribution in [1.29, 1.82) is 0 Å². The Morgan fingerprint density at radius 2 is 0.931 bits per heavy atom. The van der Waals surface area contributed by atoms with Crippen molar-refractivity contribution in [2.75, 3.05) is 0 Å². The number of para-hydroxylation sites is 3. The average molecular weight is 758 g/mol. The lowest BCUT2D eigenvalue weighted by molar-refractivity contribution is 1.07. The van der Waals surface area contributed by atoms with Gasteiger partial charge in [-0.15, -0.1) is 11.3 Å². The maximum atomic E-state index is 5.36. The lowest BCUT2D eigenvalue weighted by Gasteiger charge is -2.14. The summed E-state index contributed by atoms with van der Waals surface area (Å²) in [6, 6.07) is 66.0. The highest BCUT2D eigenvalue weighted by atomic mass is 32.1. The predicted octanol–water partition coefficient (Wildman–Crippen LogP) is 13.7. The summed E-state index contributed by atoms with van der Waals surface area (Å²) in [5.41, 5.74) is 9.19. The summed E-state index contributed by atoms with van der Waals surface area (Å²) in [6.07, 6.45) is 0. The number of rotatable bonds is 5. The van der Waals surface area contributed by atoms with Crippen LogP contribution in [0.25, 0.3) is 115 Å². The Balaban J connectivity index is 1.07. The van der Waals surface area contributed by atoms with Crippen LogP contribution in [0.1, 0.15) is 0 Å². The van der Waals surface area contributed by atoms with E-state index in [1.54, 1.807) is 0 Å². The molecule has 0 aliphatic rings. The number of pyridine rings is 1. The molecule has 5 nitrogen and oxygen atoms in total. The lowest BCUT2D eigenvalue weighted by atomic mass is 9.95. The van der Waals surface area contributed by atoms with Crippen LogP contribution >= 0.6 is 11.3 Å². The van der Waals surface area contributed by atoms with Gasteiger partial charge in [0.2, 0.25) is 0 Å². The summed E-state index contributed by atoms with van der Waals surface area (Å²) in [6.45, 7) is 0. The van der Waals surface area contributed by atoms with Gasteiger partial charge < -0.3 is 4.57 Å². The molecule has 0 N–H and O–H groups in total. The van der Waals surface area contributed by atoms with E-state index in [1.807, 2.05) is 29.5 Å². The monoisotopic (exact) mass is 757 g/mol. The Kier molecular flexibility index (Phi) is 7.33. The molecular formula is C52H31N5S. The maximum absolute atomic E-state index is 5.36. The number of nitrogens with zero attached hydrogens (tertiary/aromatic N) is 5. The van der Waals surface area contributed by atoms with Crippen molar-refractivity contribution < 1.29 is 0 Å². The van der Waals surface area contributed by atoms with Crippen LogP contribution in [-0.2, 0) is 0 Å². The molecule has 270 valence electrons. The number of fused-ring (bicyclic) bond motifs is 9. The van der Waals surface area contributed by atoms with Gasteiger partial charge >= 0.3 is 0 Å².